The molecule has 0 atom stereocenters. The molecule has 0 unspecified atom stereocenters. The summed E-state index contributed by atoms with van der Waals surface area (Å²) in [5, 5.41) is 8.94. The average Bonchev–Trinajstić information content (AvgIpc) is 3.17. The van der Waals surface area contributed by atoms with Crippen LogP contribution in [0.5, 0.6) is 11.5 Å². The third-order valence-corrected chi connectivity index (χ3v) is 5.08. The molecule has 6 nitrogen and oxygen atoms in total. The fourth-order valence-electron chi connectivity index (χ4n) is 2.91. The largest absolute Gasteiger partial charge is 0.496 e. The van der Waals surface area contributed by atoms with Crippen molar-refractivity contribution in [1.82, 2.24) is 4.98 Å². The zero-order chi connectivity index (χ0) is 20.1. The van der Waals surface area contributed by atoms with Gasteiger partial charge in [0.1, 0.15) is 23.9 Å². The number of hydrazone groups is 1. The molecule has 3 N–H and O–H groups in total. The van der Waals surface area contributed by atoms with E-state index < -0.39 is 0 Å². The third kappa shape index (κ3) is 4.64. The summed E-state index contributed by atoms with van der Waals surface area (Å²) in [5.41, 5.74) is 10.3. The number of nitrogen functional groups attached to an aromatic ring is 1. The zero-order valence-corrected chi connectivity index (χ0v) is 16.6. The molecule has 0 amide bonds. The van der Waals surface area contributed by atoms with Crippen LogP contribution in [0.25, 0.3) is 10.8 Å². The quantitative estimate of drug-likeness (QED) is 0.338. The van der Waals surface area contributed by atoms with Gasteiger partial charge in [0.15, 0.2) is 0 Å². The summed E-state index contributed by atoms with van der Waals surface area (Å²) in [6.07, 6.45) is 1.72. The van der Waals surface area contributed by atoms with Crippen molar-refractivity contribution in [3.8, 4) is 11.5 Å². The second-order valence-corrected chi connectivity index (χ2v) is 7.17. The van der Waals surface area contributed by atoms with Crippen LogP contribution in [-0.4, -0.2) is 18.3 Å². The first kappa shape index (κ1) is 18.8. The second-order valence-electron chi connectivity index (χ2n) is 6.32. The van der Waals surface area contributed by atoms with E-state index in [1.165, 1.54) is 16.7 Å². The molecule has 0 aliphatic carbocycles. The maximum atomic E-state index is 6.01. The summed E-state index contributed by atoms with van der Waals surface area (Å²) in [4.78, 5) is 4.10. The monoisotopic (exact) mass is 404 g/mol. The van der Waals surface area contributed by atoms with E-state index in [2.05, 4.69) is 33.7 Å². The van der Waals surface area contributed by atoms with Crippen LogP contribution >= 0.6 is 11.3 Å². The number of aromatic nitrogens is 1. The number of rotatable bonds is 7. The first-order valence-electron chi connectivity index (χ1n) is 9.00. The van der Waals surface area contributed by atoms with Gasteiger partial charge in [0, 0.05) is 10.9 Å². The Hall–Kier alpha value is -3.58. The van der Waals surface area contributed by atoms with Gasteiger partial charge < -0.3 is 15.2 Å². The minimum atomic E-state index is 0.389. The van der Waals surface area contributed by atoms with E-state index in [0.717, 1.165) is 28.0 Å². The van der Waals surface area contributed by atoms with Gasteiger partial charge in [-0.15, -0.1) is 11.3 Å². The highest BCUT2D eigenvalue weighted by molar-refractivity contribution is 7.14. The lowest BCUT2D eigenvalue weighted by Gasteiger charge is -2.11. The molecule has 0 saturated heterocycles. The first-order chi connectivity index (χ1) is 14.2. The van der Waals surface area contributed by atoms with Crippen molar-refractivity contribution < 1.29 is 9.47 Å². The standard InChI is InChI=1S/C22H20N4O2S/c1-27-20-9-6-15(12-24-26-22-25-21(23)14-29-22)10-18(20)13-28-19-8-7-16-4-2-3-5-17(16)11-19/h2-12,14H,13,23H2,1H3,(H,25,26). The maximum absolute atomic E-state index is 6.01. The Morgan fingerprint density at radius 2 is 1.97 bits per heavy atom. The SMILES string of the molecule is COc1ccc(C=NNc2nc(N)cs2)cc1COc1ccc2ccccc2c1. The lowest BCUT2D eigenvalue weighted by Crippen LogP contribution is -2.00. The van der Waals surface area contributed by atoms with Crippen LogP contribution in [-0.2, 0) is 6.61 Å². The summed E-state index contributed by atoms with van der Waals surface area (Å²) >= 11 is 1.40. The number of hydrogen-bond donors (Lipinski definition) is 2. The molecule has 7 heteroatoms. The number of nitrogens with two attached hydrogens (primary N) is 1. The molecular weight excluding hydrogens is 384 g/mol. The Balaban J connectivity index is 1.47. The summed E-state index contributed by atoms with van der Waals surface area (Å²) in [6.45, 7) is 0.389. The van der Waals surface area contributed by atoms with E-state index >= 15 is 0 Å². The minimum Gasteiger partial charge on any atom is -0.496 e. The van der Waals surface area contributed by atoms with Crippen molar-refractivity contribution in [1.29, 1.82) is 0 Å². The topological polar surface area (TPSA) is 81.8 Å². The Morgan fingerprint density at radius 1 is 1.10 bits per heavy atom. The normalized spacial score (nSPS) is 11.1. The van der Waals surface area contributed by atoms with Gasteiger partial charge in [-0.2, -0.15) is 5.10 Å². The summed E-state index contributed by atoms with van der Waals surface area (Å²) < 4.78 is 11.5. The highest BCUT2D eigenvalue weighted by Crippen LogP contribution is 2.24. The van der Waals surface area contributed by atoms with Crippen molar-refractivity contribution in [2.24, 2.45) is 5.10 Å². The van der Waals surface area contributed by atoms with E-state index in [1.807, 2.05) is 42.5 Å². The molecule has 4 rings (SSSR count). The van der Waals surface area contributed by atoms with Crippen LogP contribution in [0.4, 0.5) is 10.9 Å². The Labute approximate surface area is 172 Å². The Bertz CT molecular complexity index is 1160. The van der Waals surface area contributed by atoms with E-state index in [4.69, 9.17) is 15.2 Å². The number of fused-ring (bicyclic) bond motifs is 1. The Kier molecular flexibility index (Phi) is 5.58. The van der Waals surface area contributed by atoms with Gasteiger partial charge in [0.05, 0.1) is 13.3 Å². The van der Waals surface area contributed by atoms with Crippen molar-refractivity contribution in [2.75, 3.05) is 18.3 Å². The van der Waals surface area contributed by atoms with Crippen LogP contribution in [0.3, 0.4) is 0 Å². The van der Waals surface area contributed by atoms with Crippen LogP contribution in [0.2, 0.25) is 0 Å². The summed E-state index contributed by atoms with van der Waals surface area (Å²) in [6, 6.07) is 20.1. The van der Waals surface area contributed by atoms with Gasteiger partial charge in [0.25, 0.3) is 0 Å². The van der Waals surface area contributed by atoms with Crippen LogP contribution in [0.1, 0.15) is 11.1 Å². The van der Waals surface area contributed by atoms with Crippen molar-refractivity contribution in [3.63, 3.8) is 0 Å². The number of anilines is 2. The van der Waals surface area contributed by atoms with Gasteiger partial charge in [-0.25, -0.2) is 4.98 Å². The van der Waals surface area contributed by atoms with Crippen LogP contribution in [0, 0.1) is 0 Å². The lowest BCUT2D eigenvalue weighted by atomic mass is 10.1. The molecule has 4 aromatic rings. The number of nitrogens with zero attached hydrogens (tertiary/aromatic N) is 2. The molecule has 146 valence electrons. The molecule has 0 aliphatic heterocycles. The fraction of sp³-hybridized carbons (Fsp3) is 0.0909. The molecule has 1 heterocycles. The van der Waals surface area contributed by atoms with Gasteiger partial charge >= 0.3 is 0 Å². The summed E-state index contributed by atoms with van der Waals surface area (Å²) in [5.74, 6) is 2.06. The van der Waals surface area contributed by atoms with Gasteiger partial charge in [0.2, 0.25) is 5.13 Å². The number of hydrogen-bond acceptors (Lipinski definition) is 7. The van der Waals surface area contributed by atoms with E-state index in [9.17, 15) is 0 Å². The average molecular weight is 404 g/mol. The fourth-order valence-corrected chi connectivity index (χ4v) is 3.46. The molecule has 1 aromatic heterocycles. The number of benzene rings is 3. The van der Waals surface area contributed by atoms with Crippen molar-refractivity contribution in [2.45, 2.75) is 6.61 Å². The Morgan fingerprint density at radius 3 is 2.76 bits per heavy atom. The zero-order valence-electron chi connectivity index (χ0n) is 15.8. The molecule has 0 bridgehead atoms. The maximum Gasteiger partial charge on any atom is 0.205 e. The van der Waals surface area contributed by atoms with E-state index in [0.29, 0.717) is 17.6 Å². The molecule has 0 saturated carbocycles. The molecule has 0 radical (unpaired) electrons. The number of thiazole rings is 1. The minimum absolute atomic E-state index is 0.389. The lowest BCUT2D eigenvalue weighted by molar-refractivity contribution is 0.297. The molecule has 0 aliphatic rings. The first-order valence-corrected chi connectivity index (χ1v) is 9.88. The highest BCUT2D eigenvalue weighted by Gasteiger charge is 2.06. The predicted molar refractivity (Wildman–Crippen MR) is 119 cm³/mol. The molecule has 0 fully saturated rings. The molecule has 0 spiro atoms. The van der Waals surface area contributed by atoms with E-state index in [1.54, 1.807) is 18.7 Å². The molecular formula is C22H20N4O2S. The van der Waals surface area contributed by atoms with Crippen molar-refractivity contribution in [3.05, 3.63) is 77.2 Å². The van der Waals surface area contributed by atoms with E-state index in [-0.39, 0.29) is 0 Å². The smallest absolute Gasteiger partial charge is 0.205 e. The molecule has 3 aromatic carbocycles. The van der Waals surface area contributed by atoms with Gasteiger partial charge in [-0.1, -0.05) is 30.3 Å². The van der Waals surface area contributed by atoms with Crippen LogP contribution < -0.4 is 20.6 Å². The number of ether oxygens (including phenoxy) is 2. The number of nitrogens with one attached hydrogen (secondary N) is 1. The van der Waals surface area contributed by atoms with Crippen molar-refractivity contribution >= 4 is 39.3 Å². The highest BCUT2D eigenvalue weighted by atomic mass is 32.1. The van der Waals surface area contributed by atoms with Gasteiger partial charge in [-0.05, 0) is 46.7 Å². The number of methoxy groups -OCH3 is 1. The third-order valence-electron chi connectivity index (χ3n) is 4.32. The summed E-state index contributed by atoms with van der Waals surface area (Å²) in [7, 11) is 1.65. The second kappa shape index (κ2) is 8.62. The van der Waals surface area contributed by atoms with Crippen LogP contribution in [0.15, 0.2) is 71.1 Å². The van der Waals surface area contributed by atoms with Gasteiger partial charge in [-0.3, -0.25) is 5.43 Å². The predicted octanol–water partition coefficient (Wildman–Crippen LogP) is 4.91. The molecule has 29 heavy (non-hydrogen) atoms.